The van der Waals surface area contributed by atoms with Crippen molar-refractivity contribution in [1.29, 1.82) is 0 Å². The van der Waals surface area contributed by atoms with E-state index in [0.717, 1.165) is 31.6 Å². The fraction of sp³-hybridized carbons (Fsp3) is 0.526. The molecule has 0 unspecified atom stereocenters. The maximum absolute atomic E-state index is 12.0. The van der Waals surface area contributed by atoms with E-state index < -0.39 is 0 Å². The lowest BCUT2D eigenvalue weighted by atomic mass is 10.1. The SMILES string of the molecule is C=C(C)CN(C)C(=O)NC[C@H]1C[C@@H](C)N(Cc2ccccc2)C1. The normalized spacial score (nSPS) is 21.2. The largest absolute Gasteiger partial charge is 0.338 e. The zero-order chi connectivity index (χ0) is 16.8. The Morgan fingerprint density at radius 3 is 2.74 bits per heavy atom. The fourth-order valence-electron chi connectivity index (χ4n) is 3.25. The number of urea groups is 1. The van der Waals surface area contributed by atoms with Crippen molar-refractivity contribution in [1.82, 2.24) is 15.1 Å². The Morgan fingerprint density at radius 2 is 2.09 bits per heavy atom. The van der Waals surface area contributed by atoms with Crippen molar-refractivity contribution >= 4 is 6.03 Å². The van der Waals surface area contributed by atoms with Crippen molar-refractivity contribution in [2.45, 2.75) is 32.9 Å². The number of likely N-dealkylation sites (N-methyl/N-ethyl adjacent to an activating group) is 1. The number of nitrogens with zero attached hydrogens (tertiary/aromatic N) is 2. The van der Waals surface area contributed by atoms with Crippen LogP contribution in [-0.2, 0) is 6.54 Å². The summed E-state index contributed by atoms with van der Waals surface area (Å²) < 4.78 is 0. The number of rotatable bonds is 6. The monoisotopic (exact) mass is 315 g/mol. The van der Waals surface area contributed by atoms with Gasteiger partial charge in [-0.1, -0.05) is 42.5 Å². The Balaban J connectivity index is 1.77. The van der Waals surface area contributed by atoms with Crippen molar-refractivity contribution in [2.24, 2.45) is 5.92 Å². The maximum Gasteiger partial charge on any atom is 0.317 e. The molecule has 4 heteroatoms. The first kappa shape index (κ1) is 17.5. The lowest BCUT2D eigenvalue weighted by Crippen LogP contribution is -2.40. The molecule has 2 rings (SSSR count). The van der Waals surface area contributed by atoms with Crippen molar-refractivity contribution in [2.75, 3.05) is 26.7 Å². The summed E-state index contributed by atoms with van der Waals surface area (Å²) in [7, 11) is 1.81. The molecule has 0 radical (unpaired) electrons. The summed E-state index contributed by atoms with van der Waals surface area (Å²) in [5, 5.41) is 3.05. The molecule has 1 fully saturated rings. The molecule has 1 N–H and O–H groups in total. The van der Waals surface area contributed by atoms with E-state index in [2.05, 4.69) is 54.1 Å². The zero-order valence-electron chi connectivity index (χ0n) is 14.6. The Kier molecular flexibility index (Phi) is 6.22. The van der Waals surface area contributed by atoms with Crippen LogP contribution < -0.4 is 5.32 Å². The minimum absolute atomic E-state index is 0.0119. The molecule has 1 aliphatic rings. The van der Waals surface area contributed by atoms with Crippen LogP contribution in [0.15, 0.2) is 42.5 Å². The number of benzene rings is 1. The highest BCUT2D eigenvalue weighted by Gasteiger charge is 2.29. The molecule has 1 aromatic rings. The predicted octanol–water partition coefficient (Wildman–Crippen LogP) is 3.11. The van der Waals surface area contributed by atoms with Gasteiger partial charge in [-0.15, -0.1) is 0 Å². The van der Waals surface area contributed by atoms with Gasteiger partial charge in [0.2, 0.25) is 0 Å². The number of nitrogens with one attached hydrogen (secondary N) is 1. The van der Waals surface area contributed by atoms with Crippen LogP contribution in [0.4, 0.5) is 4.79 Å². The lowest BCUT2D eigenvalue weighted by Gasteiger charge is -2.21. The lowest BCUT2D eigenvalue weighted by molar-refractivity contribution is 0.209. The van der Waals surface area contributed by atoms with Gasteiger partial charge in [0, 0.05) is 39.3 Å². The third kappa shape index (κ3) is 5.39. The Hall–Kier alpha value is -1.81. The third-order valence-electron chi connectivity index (χ3n) is 4.41. The third-order valence-corrected chi connectivity index (χ3v) is 4.41. The van der Waals surface area contributed by atoms with Crippen molar-refractivity contribution < 1.29 is 4.79 Å². The van der Waals surface area contributed by atoms with Crippen molar-refractivity contribution in [3.8, 4) is 0 Å². The van der Waals surface area contributed by atoms with Gasteiger partial charge in [-0.25, -0.2) is 4.79 Å². The predicted molar refractivity (Wildman–Crippen MR) is 95.3 cm³/mol. The van der Waals surface area contributed by atoms with Crippen LogP contribution in [0.1, 0.15) is 25.8 Å². The molecule has 1 aromatic carbocycles. The van der Waals surface area contributed by atoms with E-state index >= 15 is 0 Å². The van der Waals surface area contributed by atoms with Crippen LogP contribution in [-0.4, -0.2) is 48.6 Å². The number of carbonyl (C=O) groups excluding carboxylic acids is 1. The van der Waals surface area contributed by atoms with Gasteiger partial charge in [-0.2, -0.15) is 0 Å². The van der Waals surface area contributed by atoms with E-state index in [9.17, 15) is 4.79 Å². The van der Waals surface area contributed by atoms with Gasteiger partial charge in [0.15, 0.2) is 0 Å². The molecule has 126 valence electrons. The maximum atomic E-state index is 12.0. The standard InChI is InChI=1S/C19H29N3O/c1-15(2)12-21(4)19(23)20-11-18-10-16(3)22(14-18)13-17-8-6-5-7-9-17/h5-9,16,18H,1,10-14H2,2-4H3,(H,20,23)/t16-,18-/m1/s1. The first-order valence-electron chi connectivity index (χ1n) is 8.37. The topological polar surface area (TPSA) is 35.6 Å². The second-order valence-electron chi connectivity index (χ2n) is 6.87. The van der Waals surface area contributed by atoms with Crippen LogP contribution in [0.2, 0.25) is 0 Å². The van der Waals surface area contributed by atoms with Crippen LogP contribution in [0.25, 0.3) is 0 Å². The summed E-state index contributed by atoms with van der Waals surface area (Å²) in [6.45, 7) is 11.4. The minimum Gasteiger partial charge on any atom is -0.338 e. The molecule has 0 aromatic heterocycles. The number of hydrogen-bond acceptors (Lipinski definition) is 2. The highest BCUT2D eigenvalue weighted by molar-refractivity contribution is 5.74. The van der Waals surface area contributed by atoms with E-state index in [1.54, 1.807) is 4.90 Å². The quantitative estimate of drug-likeness (QED) is 0.819. The molecular formula is C19H29N3O. The first-order chi connectivity index (χ1) is 11.0. The van der Waals surface area contributed by atoms with E-state index in [0.29, 0.717) is 18.5 Å². The van der Waals surface area contributed by atoms with Crippen molar-refractivity contribution in [3.63, 3.8) is 0 Å². The minimum atomic E-state index is -0.0119. The average Bonchev–Trinajstić information content (AvgIpc) is 2.85. The average molecular weight is 315 g/mol. The Labute approximate surface area is 140 Å². The molecular weight excluding hydrogens is 286 g/mol. The van der Waals surface area contributed by atoms with Crippen LogP contribution in [0.5, 0.6) is 0 Å². The smallest absolute Gasteiger partial charge is 0.317 e. The number of hydrogen-bond donors (Lipinski definition) is 1. The summed E-state index contributed by atoms with van der Waals surface area (Å²) in [5.41, 5.74) is 2.34. The number of likely N-dealkylation sites (tertiary alicyclic amines) is 1. The Morgan fingerprint density at radius 1 is 1.39 bits per heavy atom. The molecule has 0 spiro atoms. The van der Waals surface area contributed by atoms with Gasteiger partial charge in [-0.05, 0) is 31.7 Å². The van der Waals surface area contributed by atoms with Crippen molar-refractivity contribution in [3.05, 3.63) is 48.0 Å². The second-order valence-corrected chi connectivity index (χ2v) is 6.87. The van der Waals surface area contributed by atoms with Crippen LogP contribution in [0, 0.1) is 5.92 Å². The second kappa shape index (κ2) is 8.16. The van der Waals surface area contributed by atoms with E-state index in [4.69, 9.17) is 0 Å². The van der Waals surface area contributed by atoms with Gasteiger partial charge < -0.3 is 10.2 Å². The first-order valence-corrected chi connectivity index (χ1v) is 8.37. The molecule has 0 bridgehead atoms. The summed E-state index contributed by atoms with van der Waals surface area (Å²) in [4.78, 5) is 16.2. The molecule has 2 amide bonds. The van der Waals surface area contributed by atoms with Gasteiger partial charge in [-0.3, -0.25) is 4.90 Å². The summed E-state index contributed by atoms with van der Waals surface area (Å²) in [6, 6.07) is 11.1. The molecule has 2 atom stereocenters. The van der Waals surface area contributed by atoms with E-state index in [-0.39, 0.29) is 6.03 Å². The highest BCUT2D eigenvalue weighted by Crippen LogP contribution is 2.24. The molecule has 23 heavy (non-hydrogen) atoms. The van der Waals surface area contributed by atoms with E-state index in [1.807, 2.05) is 14.0 Å². The highest BCUT2D eigenvalue weighted by atomic mass is 16.2. The van der Waals surface area contributed by atoms with Gasteiger partial charge >= 0.3 is 6.03 Å². The zero-order valence-corrected chi connectivity index (χ0v) is 14.6. The Bertz CT molecular complexity index is 529. The summed E-state index contributed by atoms with van der Waals surface area (Å²) in [6.07, 6.45) is 1.14. The van der Waals surface area contributed by atoms with Crippen LogP contribution in [0.3, 0.4) is 0 Å². The van der Waals surface area contributed by atoms with Crippen LogP contribution >= 0.6 is 0 Å². The fourth-order valence-corrected chi connectivity index (χ4v) is 3.25. The summed E-state index contributed by atoms with van der Waals surface area (Å²) >= 11 is 0. The van der Waals surface area contributed by atoms with Gasteiger partial charge in [0.25, 0.3) is 0 Å². The van der Waals surface area contributed by atoms with Gasteiger partial charge in [0.05, 0.1) is 0 Å². The van der Waals surface area contributed by atoms with Gasteiger partial charge in [0.1, 0.15) is 0 Å². The number of carbonyl (C=O) groups is 1. The summed E-state index contributed by atoms with van der Waals surface area (Å²) in [5.74, 6) is 0.524. The molecule has 4 nitrogen and oxygen atoms in total. The molecule has 1 aliphatic heterocycles. The van der Waals surface area contributed by atoms with E-state index in [1.165, 1.54) is 5.56 Å². The molecule has 1 saturated heterocycles. The molecule has 0 saturated carbocycles. The number of amides is 2. The molecule has 0 aliphatic carbocycles. The molecule has 1 heterocycles.